The first kappa shape index (κ1) is 20.7. The highest BCUT2D eigenvalue weighted by atomic mass is 16.6. The summed E-state index contributed by atoms with van der Waals surface area (Å²) in [5, 5.41) is 21.1. The average Bonchev–Trinajstić information content (AvgIpc) is 2.58. The van der Waals surface area contributed by atoms with E-state index in [1.165, 1.54) is 6.20 Å². The zero-order valence-corrected chi connectivity index (χ0v) is 17.0. The number of rotatable bonds is 3. The van der Waals surface area contributed by atoms with Gasteiger partial charge in [0.15, 0.2) is 0 Å². The first-order valence-corrected chi connectivity index (χ1v) is 9.29. The van der Waals surface area contributed by atoms with E-state index in [0.717, 1.165) is 6.07 Å². The molecule has 10 nitrogen and oxygen atoms in total. The maximum absolute atomic E-state index is 12.7. The number of hydrogen-bond donors (Lipinski definition) is 1. The van der Waals surface area contributed by atoms with Crippen molar-refractivity contribution < 1.29 is 19.6 Å². The Morgan fingerprint density at radius 1 is 1.31 bits per heavy atom. The van der Waals surface area contributed by atoms with Crippen molar-refractivity contribution in [1.82, 2.24) is 9.55 Å². The maximum Gasteiger partial charge on any atom is 0.341 e. The van der Waals surface area contributed by atoms with E-state index >= 15 is 0 Å². The van der Waals surface area contributed by atoms with E-state index in [-0.39, 0.29) is 34.7 Å². The van der Waals surface area contributed by atoms with Crippen LogP contribution in [0.25, 0.3) is 11.0 Å². The van der Waals surface area contributed by atoms with E-state index in [9.17, 15) is 24.8 Å². The van der Waals surface area contributed by atoms with Gasteiger partial charge in [-0.15, -0.1) is 0 Å². The standard InChI is InChI=1S/C19H24N4O6/c1-10-7-21(8-11(2)29-10)17-14(23(27)28)6-12-15(24)13(18(25)26)9-22(16(12)20-17)19(3,4)5/h6,9-11H,7-8H2,1-5H3,(H,25,26). The number of pyridine rings is 2. The third-order valence-corrected chi connectivity index (χ3v) is 4.81. The van der Waals surface area contributed by atoms with E-state index < -0.39 is 27.4 Å². The molecule has 1 N–H and O–H groups in total. The average molecular weight is 404 g/mol. The highest BCUT2D eigenvalue weighted by Crippen LogP contribution is 2.32. The molecule has 29 heavy (non-hydrogen) atoms. The van der Waals surface area contributed by atoms with Gasteiger partial charge in [0.25, 0.3) is 0 Å². The molecule has 156 valence electrons. The second-order valence-electron chi connectivity index (χ2n) is 8.34. The van der Waals surface area contributed by atoms with Gasteiger partial charge in [-0.05, 0) is 34.6 Å². The third-order valence-electron chi connectivity index (χ3n) is 4.81. The van der Waals surface area contributed by atoms with Crippen molar-refractivity contribution in [3.63, 3.8) is 0 Å². The summed E-state index contributed by atoms with van der Waals surface area (Å²) >= 11 is 0. The van der Waals surface area contributed by atoms with Crippen LogP contribution >= 0.6 is 0 Å². The van der Waals surface area contributed by atoms with E-state index in [4.69, 9.17) is 4.74 Å². The zero-order chi connectivity index (χ0) is 21.7. The predicted molar refractivity (Wildman–Crippen MR) is 107 cm³/mol. The van der Waals surface area contributed by atoms with Crippen LogP contribution in [0.5, 0.6) is 0 Å². The highest BCUT2D eigenvalue weighted by Gasteiger charge is 2.31. The monoisotopic (exact) mass is 404 g/mol. The van der Waals surface area contributed by atoms with Gasteiger partial charge in [0.2, 0.25) is 11.2 Å². The SMILES string of the molecule is CC1CN(c2nc3c(cc2[N+](=O)[O-])c(=O)c(C(=O)O)cn3C(C)(C)C)CC(C)O1. The van der Waals surface area contributed by atoms with Crippen LogP contribution in [-0.2, 0) is 10.3 Å². The van der Waals surface area contributed by atoms with Crippen LogP contribution in [0.15, 0.2) is 17.1 Å². The Balaban J connectivity index is 2.38. The molecule has 3 heterocycles. The number of fused-ring (bicyclic) bond motifs is 1. The van der Waals surface area contributed by atoms with Gasteiger partial charge in [0, 0.05) is 30.9 Å². The molecule has 0 bridgehead atoms. The first-order chi connectivity index (χ1) is 13.4. The van der Waals surface area contributed by atoms with Crippen LogP contribution in [0.3, 0.4) is 0 Å². The Hall–Kier alpha value is -3.01. The number of nitrogens with zero attached hydrogens (tertiary/aromatic N) is 4. The third kappa shape index (κ3) is 3.80. The number of carbonyl (C=O) groups is 1. The van der Waals surface area contributed by atoms with E-state index in [0.29, 0.717) is 13.1 Å². The lowest BCUT2D eigenvalue weighted by atomic mass is 10.1. The van der Waals surface area contributed by atoms with Crippen molar-refractivity contribution in [3.05, 3.63) is 38.2 Å². The van der Waals surface area contributed by atoms with Crippen LogP contribution in [0.1, 0.15) is 45.0 Å². The van der Waals surface area contributed by atoms with Crippen molar-refractivity contribution in [3.8, 4) is 0 Å². The predicted octanol–water partition coefficient (Wildman–Crippen LogP) is 2.37. The lowest BCUT2D eigenvalue weighted by molar-refractivity contribution is -0.384. The molecule has 0 radical (unpaired) electrons. The normalized spacial score (nSPS) is 20.1. The summed E-state index contributed by atoms with van der Waals surface area (Å²) in [5.41, 5.74) is -1.98. The minimum absolute atomic E-state index is 0.0929. The van der Waals surface area contributed by atoms with Crippen LogP contribution < -0.4 is 10.3 Å². The molecule has 0 spiro atoms. The number of aromatic carboxylic acids is 1. The molecule has 1 saturated heterocycles. The summed E-state index contributed by atoms with van der Waals surface area (Å²) in [6, 6.07) is 1.14. The number of morpholine rings is 1. The maximum atomic E-state index is 12.7. The molecule has 10 heteroatoms. The fourth-order valence-corrected chi connectivity index (χ4v) is 3.61. The Morgan fingerprint density at radius 3 is 2.38 bits per heavy atom. The van der Waals surface area contributed by atoms with Crippen LogP contribution in [0.2, 0.25) is 0 Å². The molecule has 0 saturated carbocycles. The summed E-state index contributed by atoms with van der Waals surface area (Å²) in [4.78, 5) is 41.7. The number of hydrogen-bond acceptors (Lipinski definition) is 7. The fraction of sp³-hybridized carbons (Fsp3) is 0.526. The number of aromatic nitrogens is 2. The van der Waals surface area contributed by atoms with Gasteiger partial charge in [0.05, 0.1) is 22.5 Å². The molecule has 3 rings (SSSR count). The van der Waals surface area contributed by atoms with Crippen molar-refractivity contribution >= 4 is 28.5 Å². The summed E-state index contributed by atoms with van der Waals surface area (Å²) in [6.45, 7) is 10.1. The van der Waals surface area contributed by atoms with Crippen molar-refractivity contribution in [2.75, 3.05) is 18.0 Å². The number of carboxylic acid groups (broad SMARTS) is 1. The fourth-order valence-electron chi connectivity index (χ4n) is 3.61. The first-order valence-electron chi connectivity index (χ1n) is 9.29. The summed E-state index contributed by atoms with van der Waals surface area (Å²) in [6.07, 6.45) is 0.963. The van der Waals surface area contributed by atoms with Crippen molar-refractivity contribution in [2.45, 2.75) is 52.4 Å². The van der Waals surface area contributed by atoms with Crippen LogP contribution in [0, 0.1) is 10.1 Å². The van der Waals surface area contributed by atoms with Gasteiger partial charge in [-0.1, -0.05) is 0 Å². The summed E-state index contributed by atoms with van der Waals surface area (Å²) in [5.74, 6) is -1.25. The Labute approximate surface area is 166 Å². The Kier molecular flexibility index (Phi) is 5.08. The number of carboxylic acids is 1. The molecule has 2 unspecified atom stereocenters. The number of nitro groups is 1. The summed E-state index contributed by atoms with van der Waals surface area (Å²) < 4.78 is 7.28. The van der Waals surface area contributed by atoms with Gasteiger partial charge >= 0.3 is 11.7 Å². The molecule has 2 atom stereocenters. The molecular formula is C19H24N4O6. The molecule has 0 amide bonds. The minimum atomic E-state index is -1.39. The van der Waals surface area contributed by atoms with Crippen LogP contribution in [-0.4, -0.2) is 50.8 Å². The van der Waals surface area contributed by atoms with Gasteiger partial charge in [-0.25, -0.2) is 9.78 Å². The lowest BCUT2D eigenvalue weighted by Gasteiger charge is -2.36. The summed E-state index contributed by atoms with van der Waals surface area (Å²) in [7, 11) is 0. The van der Waals surface area contributed by atoms with Gasteiger partial charge < -0.3 is 19.3 Å². The zero-order valence-electron chi connectivity index (χ0n) is 17.0. The number of anilines is 1. The van der Waals surface area contributed by atoms with E-state index in [2.05, 4.69) is 4.98 Å². The molecule has 1 aliphatic heterocycles. The van der Waals surface area contributed by atoms with E-state index in [1.54, 1.807) is 9.47 Å². The molecular weight excluding hydrogens is 380 g/mol. The van der Waals surface area contributed by atoms with Gasteiger partial charge in [-0.2, -0.15) is 0 Å². The Bertz CT molecular complexity index is 1050. The van der Waals surface area contributed by atoms with E-state index in [1.807, 2.05) is 34.6 Å². The topological polar surface area (TPSA) is 128 Å². The molecule has 0 aliphatic carbocycles. The molecule has 2 aromatic heterocycles. The quantitative estimate of drug-likeness (QED) is 0.610. The van der Waals surface area contributed by atoms with Gasteiger partial charge in [-0.3, -0.25) is 14.9 Å². The second kappa shape index (κ2) is 7.11. The Morgan fingerprint density at radius 2 is 1.90 bits per heavy atom. The van der Waals surface area contributed by atoms with Crippen molar-refractivity contribution in [2.24, 2.45) is 0 Å². The largest absolute Gasteiger partial charge is 0.477 e. The molecule has 2 aromatic rings. The minimum Gasteiger partial charge on any atom is -0.477 e. The molecule has 0 aromatic carbocycles. The van der Waals surface area contributed by atoms with Gasteiger partial charge in [0.1, 0.15) is 11.2 Å². The smallest absolute Gasteiger partial charge is 0.341 e. The molecule has 1 fully saturated rings. The molecule has 1 aliphatic rings. The number of ether oxygens (including phenoxy) is 1. The second-order valence-corrected chi connectivity index (χ2v) is 8.34. The lowest BCUT2D eigenvalue weighted by Crippen LogP contribution is -2.46. The van der Waals surface area contributed by atoms with Crippen LogP contribution in [0.4, 0.5) is 11.5 Å². The van der Waals surface area contributed by atoms with Crippen molar-refractivity contribution in [1.29, 1.82) is 0 Å². The highest BCUT2D eigenvalue weighted by molar-refractivity contribution is 5.93.